The summed E-state index contributed by atoms with van der Waals surface area (Å²) in [5.74, 6) is 0. The van der Waals surface area contributed by atoms with Crippen molar-refractivity contribution in [3.63, 3.8) is 0 Å². The van der Waals surface area contributed by atoms with E-state index in [0.717, 1.165) is 5.56 Å². The Morgan fingerprint density at radius 1 is 1.05 bits per heavy atom. The van der Waals surface area contributed by atoms with Crippen molar-refractivity contribution in [2.45, 2.75) is 11.8 Å². The lowest BCUT2D eigenvalue weighted by Crippen LogP contribution is -2.23. The fourth-order valence-electron chi connectivity index (χ4n) is 1.84. The lowest BCUT2D eigenvalue weighted by molar-refractivity contribution is 0.584. The Morgan fingerprint density at radius 3 is 2.32 bits per heavy atom. The minimum atomic E-state index is -3.48. The van der Waals surface area contributed by atoms with E-state index < -0.39 is 10.0 Å². The van der Waals surface area contributed by atoms with Crippen LogP contribution in [0.4, 0.5) is 0 Å². The first kappa shape index (κ1) is 14.1. The number of benzene rings is 2. The topological polar surface area (TPSA) is 46.2 Å². The Bertz CT molecular complexity index is 666. The van der Waals surface area contributed by atoms with Gasteiger partial charge in [-0.2, -0.15) is 0 Å². The molecule has 0 atom stereocenters. The fourth-order valence-corrected chi connectivity index (χ4v) is 3.23. The molecule has 0 fully saturated rings. The van der Waals surface area contributed by atoms with E-state index in [1.807, 2.05) is 18.2 Å². The van der Waals surface area contributed by atoms with Crippen LogP contribution in [0.15, 0.2) is 53.4 Å². The molecular weight excluding hydrogens is 282 g/mol. The predicted molar refractivity (Wildman–Crippen MR) is 77.8 cm³/mol. The minimum absolute atomic E-state index is 0.277. The zero-order valence-corrected chi connectivity index (χ0v) is 12.0. The van der Waals surface area contributed by atoms with Gasteiger partial charge in [0.25, 0.3) is 0 Å². The number of hydrogen-bond donors (Lipinski definition) is 1. The Labute approximate surface area is 118 Å². The molecule has 0 heterocycles. The van der Waals surface area contributed by atoms with Crippen LogP contribution >= 0.6 is 11.6 Å². The summed E-state index contributed by atoms with van der Waals surface area (Å²) in [6, 6.07) is 14.0. The van der Waals surface area contributed by atoms with Gasteiger partial charge in [-0.3, -0.25) is 0 Å². The van der Waals surface area contributed by atoms with Crippen molar-refractivity contribution in [3.05, 3.63) is 53.6 Å². The normalized spacial score (nSPS) is 11.5. The highest BCUT2D eigenvalue weighted by molar-refractivity contribution is 7.89. The summed E-state index contributed by atoms with van der Waals surface area (Å²) in [5.41, 5.74) is 1.49. The van der Waals surface area contributed by atoms with Crippen molar-refractivity contribution >= 4 is 21.6 Å². The molecule has 0 amide bonds. The van der Waals surface area contributed by atoms with Gasteiger partial charge in [0, 0.05) is 17.1 Å². The van der Waals surface area contributed by atoms with E-state index in [0.29, 0.717) is 17.1 Å². The number of rotatable bonds is 4. The van der Waals surface area contributed by atoms with Crippen LogP contribution in [0, 0.1) is 0 Å². The molecule has 0 unspecified atom stereocenters. The highest BCUT2D eigenvalue weighted by Crippen LogP contribution is 2.28. The number of sulfonamides is 1. The van der Waals surface area contributed by atoms with Crippen molar-refractivity contribution in [2.24, 2.45) is 0 Å². The maximum Gasteiger partial charge on any atom is 0.241 e. The van der Waals surface area contributed by atoms with Gasteiger partial charge in [0.1, 0.15) is 0 Å². The SMILES string of the molecule is CCNS(=O)(=O)c1ccccc1-c1ccc(Cl)cc1. The molecular formula is C14H14ClNO2S. The van der Waals surface area contributed by atoms with Gasteiger partial charge in [0.2, 0.25) is 10.0 Å². The maximum absolute atomic E-state index is 12.2. The van der Waals surface area contributed by atoms with Gasteiger partial charge in [-0.15, -0.1) is 0 Å². The third-order valence-corrected chi connectivity index (χ3v) is 4.52. The van der Waals surface area contributed by atoms with Crippen LogP contribution in [0.25, 0.3) is 11.1 Å². The summed E-state index contributed by atoms with van der Waals surface area (Å²) in [5, 5.41) is 0.621. The second-order valence-electron chi connectivity index (χ2n) is 4.00. The summed E-state index contributed by atoms with van der Waals surface area (Å²) in [6.45, 7) is 2.11. The van der Waals surface area contributed by atoms with Gasteiger partial charge in [0.15, 0.2) is 0 Å². The van der Waals surface area contributed by atoms with Crippen LogP contribution in [-0.2, 0) is 10.0 Å². The molecule has 100 valence electrons. The molecule has 0 aliphatic heterocycles. The summed E-state index contributed by atoms with van der Waals surface area (Å²) < 4.78 is 26.8. The Morgan fingerprint density at radius 2 is 1.68 bits per heavy atom. The molecule has 0 spiro atoms. The molecule has 0 bridgehead atoms. The monoisotopic (exact) mass is 295 g/mol. The quantitative estimate of drug-likeness (QED) is 0.940. The molecule has 2 rings (SSSR count). The molecule has 0 aliphatic carbocycles. The number of hydrogen-bond acceptors (Lipinski definition) is 2. The molecule has 2 aromatic rings. The average Bonchev–Trinajstić information content (AvgIpc) is 2.39. The third kappa shape index (κ3) is 3.15. The number of nitrogens with one attached hydrogen (secondary N) is 1. The van der Waals surface area contributed by atoms with Crippen LogP contribution in [0.1, 0.15) is 6.92 Å². The Balaban J connectivity index is 2.56. The molecule has 0 aliphatic rings. The zero-order chi connectivity index (χ0) is 13.9. The highest BCUT2D eigenvalue weighted by Gasteiger charge is 2.17. The predicted octanol–water partition coefficient (Wildman–Crippen LogP) is 3.31. The van der Waals surface area contributed by atoms with Crippen LogP contribution in [-0.4, -0.2) is 15.0 Å². The van der Waals surface area contributed by atoms with E-state index in [1.165, 1.54) is 0 Å². The highest BCUT2D eigenvalue weighted by atomic mass is 35.5. The van der Waals surface area contributed by atoms with Crippen LogP contribution < -0.4 is 4.72 Å². The largest absolute Gasteiger partial charge is 0.241 e. The first-order valence-electron chi connectivity index (χ1n) is 5.89. The molecule has 0 aromatic heterocycles. The Kier molecular flexibility index (Phi) is 4.24. The second kappa shape index (κ2) is 5.74. The summed E-state index contributed by atoms with van der Waals surface area (Å²) in [6.07, 6.45) is 0. The first-order valence-corrected chi connectivity index (χ1v) is 7.75. The van der Waals surface area contributed by atoms with E-state index in [-0.39, 0.29) is 4.90 Å². The summed E-state index contributed by atoms with van der Waals surface area (Å²) in [7, 11) is -3.48. The molecule has 0 radical (unpaired) electrons. The van der Waals surface area contributed by atoms with Gasteiger partial charge < -0.3 is 0 Å². The van der Waals surface area contributed by atoms with Crippen molar-refractivity contribution < 1.29 is 8.42 Å². The molecule has 1 N–H and O–H groups in total. The van der Waals surface area contributed by atoms with E-state index in [2.05, 4.69) is 4.72 Å². The van der Waals surface area contributed by atoms with Crippen LogP contribution in [0.2, 0.25) is 5.02 Å². The van der Waals surface area contributed by atoms with E-state index >= 15 is 0 Å². The summed E-state index contributed by atoms with van der Waals surface area (Å²) in [4.78, 5) is 0.277. The van der Waals surface area contributed by atoms with Crippen molar-refractivity contribution in [2.75, 3.05) is 6.54 Å². The number of halogens is 1. The molecule has 5 heteroatoms. The van der Waals surface area contributed by atoms with Gasteiger partial charge in [0.05, 0.1) is 4.90 Å². The smallest absolute Gasteiger partial charge is 0.211 e. The third-order valence-electron chi connectivity index (χ3n) is 2.67. The average molecular weight is 296 g/mol. The molecule has 3 nitrogen and oxygen atoms in total. The molecule has 0 saturated carbocycles. The molecule has 19 heavy (non-hydrogen) atoms. The Hall–Kier alpha value is -1.36. The molecule has 0 saturated heterocycles. The lowest BCUT2D eigenvalue weighted by atomic mass is 10.1. The van der Waals surface area contributed by atoms with Crippen LogP contribution in [0.3, 0.4) is 0 Å². The lowest BCUT2D eigenvalue weighted by Gasteiger charge is -2.10. The second-order valence-corrected chi connectivity index (χ2v) is 6.18. The van der Waals surface area contributed by atoms with Gasteiger partial charge in [-0.25, -0.2) is 13.1 Å². The van der Waals surface area contributed by atoms with Gasteiger partial charge in [-0.05, 0) is 23.8 Å². The maximum atomic E-state index is 12.2. The van der Waals surface area contributed by atoms with Crippen molar-refractivity contribution in [1.82, 2.24) is 4.72 Å². The van der Waals surface area contributed by atoms with E-state index in [1.54, 1.807) is 37.3 Å². The van der Waals surface area contributed by atoms with E-state index in [9.17, 15) is 8.42 Å². The van der Waals surface area contributed by atoms with Gasteiger partial charge >= 0.3 is 0 Å². The first-order chi connectivity index (χ1) is 9.04. The summed E-state index contributed by atoms with van der Waals surface area (Å²) >= 11 is 5.85. The fraction of sp³-hybridized carbons (Fsp3) is 0.143. The van der Waals surface area contributed by atoms with Crippen molar-refractivity contribution in [3.8, 4) is 11.1 Å². The minimum Gasteiger partial charge on any atom is -0.211 e. The molecule has 2 aromatic carbocycles. The van der Waals surface area contributed by atoms with Crippen molar-refractivity contribution in [1.29, 1.82) is 0 Å². The van der Waals surface area contributed by atoms with Crippen LogP contribution in [0.5, 0.6) is 0 Å². The zero-order valence-electron chi connectivity index (χ0n) is 10.4. The van der Waals surface area contributed by atoms with E-state index in [4.69, 9.17) is 11.6 Å². The van der Waals surface area contributed by atoms with Gasteiger partial charge in [-0.1, -0.05) is 48.9 Å². The standard InChI is InChI=1S/C14H14ClNO2S/c1-2-16-19(17,18)14-6-4-3-5-13(14)11-7-9-12(15)10-8-11/h3-10,16H,2H2,1H3.